The summed E-state index contributed by atoms with van der Waals surface area (Å²) in [6, 6.07) is 15.1. The molecule has 1 fully saturated rings. The highest BCUT2D eigenvalue weighted by Gasteiger charge is 2.24. The number of nitrogens with two attached hydrogens (primary N) is 1. The summed E-state index contributed by atoms with van der Waals surface area (Å²) >= 11 is 0. The van der Waals surface area contributed by atoms with Gasteiger partial charge in [-0.05, 0) is 24.6 Å². The molecule has 6 nitrogen and oxygen atoms in total. The summed E-state index contributed by atoms with van der Waals surface area (Å²) in [6.07, 6.45) is 0. The van der Waals surface area contributed by atoms with Crippen molar-refractivity contribution >= 4 is 11.8 Å². The second kappa shape index (κ2) is 8.68. The molecule has 6 heteroatoms. The van der Waals surface area contributed by atoms with Gasteiger partial charge in [-0.2, -0.15) is 0 Å². The van der Waals surface area contributed by atoms with E-state index in [1.54, 1.807) is 24.3 Å². The lowest BCUT2D eigenvalue weighted by molar-refractivity contribution is -0.917. The molecule has 0 aliphatic carbocycles. The molecule has 2 aromatic rings. The zero-order chi connectivity index (χ0) is 19.2. The predicted molar refractivity (Wildman–Crippen MR) is 103 cm³/mol. The number of nitrogens with zero attached hydrogens (tertiary/aromatic N) is 1. The van der Waals surface area contributed by atoms with Crippen LogP contribution in [-0.4, -0.2) is 49.5 Å². The van der Waals surface area contributed by atoms with Crippen LogP contribution in [0.25, 0.3) is 0 Å². The van der Waals surface area contributed by atoms with Gasteiger partial charge in [0.2, 0.25) is 0 Å². The number of hydrogen-bond donors (Lipinski definition) is 2. The number of benzene rings is 2. The molecule has 1 aliphatic heterocycles. The van der Waals surface area contributed by atoms with Crippen LogP contribution in [0, 0.1) is 6.92 Å². The first-order valence-electron chi connectivity index (χ1n) is 9.22. The van der Waals surface area contributed by atoms with Crippen molar-refractivity contribution < 1.29 is 19.2 Å². The molecule has 0 aromatic heterocycles. The van der Waals surface area contributed by atoms with Gasteiger partial charge in [-0.15, -0.1) is 0 Å². The van der Waals surface area contributed by atoms with Crippen molar-refractivity contribution in [3.05, 3.63) is 65.2 Å². The van der Waals surface area contributed by atoms with E-state index in [1.807, 2.05) is 4.90 Å². The predicted octanol–water partition coefficient (Wildman–Crippen LogP) is 0.400. The molecule has 142 valence electrons. The number of ether oxygens (including phenoxy) is 1. The average molecular weight is 368 g/mol. The summed E-state index contributed by atoms with van der Waals surface area (Å²) in [5.74, 6) is -0.280. The lowest BCUT2D eigenvalue weighted by atomic mass is 10.1. The Morgan fingerprint density at radius 1 is 1.07 bits per heavy atom. The van der Waals surface area contributed by atoms with Gasteiger partial charge in [0.1, 0.15) is 12.3 Å². The second-order valence-electron chi connectivity index (χ2n) is 6.88. The molecule has 2 aromatic carbocycles. The van der Waals surface area contributed by atoms with Crippen LogP contribution in [-0.2, 0) is 11.3 Å². The number of hydrogen-bond acceptors (Lipinski definition) is 3. The number of carbonyl (C=O) groups is 2. The molecule has 0 radical (unpaired) electrons. The van der Waals surface area contributed by atoms with E-state index < -0.39 is 5.91 Å². The Labute approximate surface area is 159 Å². The molecule has 1 heterocycles. The molecule has 27 heavy (non-hydrogen) atoms. The normalized spacial score (nSPS) is 14.8. The Morgan fingerprint density at radius 3 is 2.44 bits per heavy atom. The molecular weight excluding hydrogens is 342 g/mol. The minimum atomic E-state index is -0.563. The molecule has 0 atom stereocenters. The van der Waals surface area contributed by atoms with Gasteiger partial charge in [-0.3, -0.25) is 9.59 Å². The van der Waals surface area contributed by atoms with E-state index in [4.69, 9.17) is 10.5 Å². The smallest absolute Gasteiger partial charge is 0.260 e. The van der Waals surface area contributed by atoms with Crippen LogP contribution in [0.1, 0.15) is 21.5 Å². The molecule has 1 saturated heterocycles. The SMILES string of the molecule is Cc1ccccc1C[NH+]1CCN(C(=O)COc2ccccc2C(N)=O)CC1. The quantitative estimate of drug-likeness (QED) is 0.775. The van der Waals surface area contributed by atoms with Crippen molar-refractivity contribution in [2.24, 2.45) is 5.73 Å². The average Bonchev–Trinajstić information content (AvgIpc) is 2.68. The van der Waals surface area contributed by atoms with E-state index in [0.717, 1.165) is 19.6 Å². The number of piperazine rings is 1. The van der Waals surface area contributed by atoms with E-state index in [2.05, 4.69) is 31.2 Å². The summed E-state index contributed by atoms with van der Waals surface area (Å²) in [4.78, 5) is 27.2. The van der Waals surface area contributed by atoms with E-state index in [0.29, 0.717) is 18.8 Å². The zero-order valence-electron chi connectivity index (χ0n) is 15.6. The molecule has 2 amide bonds. The fraction of sp³-hybridized carbons (Fsp3) is 0.333. The van der Waals surface area contributed by atoms with Crippen LogP contribution in [0.15, 0.2) is 48.5 Å². The summed E-state index contributed by atoms with van der Waals surface area (Å²) < 4.78 is 5.55. The minimum Gasteiger partial charge on any atom is -0.483 e. The molecule has 1 aliphatic rings. The number of aryl methyl sites for hydroxylation is 1. The third kappa shape index (κ3) is 4.86. The molecular formula is C21H26N3O3+. The van der Waals surface area contributed by atoms with Gasteiger partial charge in [0.15, 0.2) is 6.61 Å². The van der Waals surface area contributed by atoms with Crippen molar-refractivity contribution in [1.82, 2.24) is 4.90 Å². The molecule has 3 rings (SSSR count). The zero-order valence-corrected chi connectivity index (χ0v) is 15.6. The maximum Gasteiger partial charge on any atom is 0.260 e. The third-order valence-corrected chi connectivity index (χ3v) is 5.03. The Bertz CT molecular complexity index is 814. The highest BCUT2D eigenvalue weighted by Crippen LogP contribution is 2.17. The van der Waals surface area contributed by atoms with Crippen molar-refractivity contribution in [3.8, 4) is 5.75 Å². The third-order valence-electron chi connectivity index (χ3n) is 5.03. The fourth-order valence-electron chi connectivity index (χ4n) is 3.35. The van der Waals surface area contributed by atoms with Gasteiger partial charge in [-0.25, -0.2) is 0 Å². The lowest BCUT2D eigenvalue weighted by Gasteiger charge is -2.32. The standard InChI is InChI=1S/C21H25N3O3/c1-16-6-2-3-7-17(16)14-23-10-12-24(13-11-23)20(25)15-27-19-9-5-4-8-18(19)21(22)26/h2-9H,10-15H2,1H3,(H2,22,26)/p+1. The number of primary amides is 1. The van der Waals surface area contributed by atoms with E-state index in [-0.39, 0.29) is 18.1 Å². The topological polar surface area (TPSA) is 77.1 Å². The van der Waals surface area contributed by atoms with Gasteiger partial charge in [0.05, 0.1) is 31.7 Å². The summed E-state index contributed by atoms with van der Waals surface area (Å²) in [5.41, 5.74) is 8.30. The van der Waals surface area contributed by atoms with Crippen LogP contribution in [0.4, 0.5) is 0 Å². The first kappa shape index (κ1) is 18.9. The minimum absolute atomic E-state index is 0.0655. The van der Waals surface area contributed by atoms with Gasteiger partial charge in [-0.1, -0.05) is 36.4 Å². The number of amides is 2. The molecule has 0 spiro atoms. The van der Waals surface area contributed by atoms with Crippen LogP contribution in [0.2, 0.25) is 0 Å². The number of para-hydroxylation sites is 1. The van der Waals surface area contributed by atoms with Crippen molar-refractivity contribution in [1.29, 1.82) is 0 Å². The largest absolute Gasteiger partial charge is 0.483 e. The van der Waals surface area contributed by atoms with Crippen molar-refractivity contribution in [2.45, 2.75) is 13.5 Å². The van der Waals surface area contributed by atoms with E-state index in [9.17, 15) is 9.59 Å². The maximum absolute atomic E-state index is 12.4. The summed E-state index contributed by atoms with van der Waals surface area (Å²) in [7, 11) is 0. The highest BCUT2D eigenvalue weighted by atomic mass is 16.5. The van der Waals surface area contributed by atoms with Crippen LogP contribution in [0.5, 0.6) is 5.75 Å². The van der Waals surface area contributed by atoms with Gasteiger partial charge in [0.25, 0.3) is 11.8 Å². The van der Waals surface area contributed by atoms with Gasteiger partial charge >= 0.3 is 0 Å². The molecule has 3 N–H and O–H groups in total. The van der Waals surface area contributed by atoms with Crippen LogP contribution >= 0.6 is 0 Å². The first-order chi connectivity index (χ1) is 13.0. The Hall–Kier alpha value is -2.86. The van der Waals surface area contributed by atoms with Crippen LogP contribution < -0.4 is 15.4 Å². The van der Waals surface area contributed by atoms with E-state index >= 15 is 0 Å². The highest BCUT2D eigenvalue weighted by molar-refractivity contribution is 5.95. The lowest BCUT2D eigenvalue weighted by Crippen LogP contribution is -3.13. The van der Waals surface area contributed by atoms with Gasteiger partial charge < -0.3 is 20.3 Å². The maximum atomic E-state index is 12.4. The van der Waals surface area contributed by atoms with Crippen molar-refractivity contribution in [2.75, 3.05) is 32.8 Å². The monoisotopic (exact) mass is 368 g/mol. The number of carbonyl (C=O) groups excluding carboxylic acids is 2. The first-order valence-corrected chi connectivity index (χ1v) is 9.22. The Morgan fingerprint density at radius 2 is 1.74 bits per heavy atom. The van der Waals surface area contributed by atoms with Crippen molar-refractivity contribution in [3.63, 3.8) is 0 Å². The molecule has 0 saturated carbocycles. The molecule has 0 unspecified atom stereocenters. The number of quaternary nitrogens is 1. The number of nitrogens with one attached hydrogen (secondary N) is 1. The number of rotatable bonds is 6. The summed E-state index contributed by atoms with van der Waals surface area (Å²) in [5, 5.41) is 0. The Balaban J connectivity index is 1.49. The molecule has 0 bridgehead atoms. The fourth-order valence-corrected chi connectivity index (χ4v) is 3.35. The van der Waals surface area contributed by atoms with Gasteiger partial charge in [0, 0.05) is 5.56 Å². The van der Waals surface area contributed by atoms with E-state index in [1.165, 1.54) is 16.0 Å². The Kier molecular flexibility index (Phi) is 6.08. The summed E-state index contributed by atoms with van der Waals surface area (Å²) in [6.45, 7) is 6.28. The second-order valence-corrected chi connectivity index (χ2v) is 6.88. The van der Waals surface area contributed by atoms with Crippen LogP contribution in [0.3, 0.4) is 0 Å².